The van der Waals surface area contributed by atoms with Crippen LogP contribution in [0.3, 0.4) is 0 Å². The standard InChI is InChI=1S/C10H18O/c1-9(2)5-4-6-10(3)7-8-11/h5,7,11H,4,6,8H2,1-3H3/b10-7-/i1D3,2D3. The molecule has 0 unspecified atom stereocenters. The minimum atomic E-state index is -2.58. The van der Waals surface area contributed by atoms with Crippen LogP contribution in [-0.2, 0) is 0 Å². The fourth-order valence-electron chi connectivity index (χ4n) is 0.702. The van der Waals surface area contributed by atoms with Gasteiger partial charge in [0.15, 0.2) is 0 Å². The van der Waals surface area contributed by atoms with E-state index in [4.69, 9.17) is 13.3 Å². The first-order chi connectivity index (χ1) is 7.59. The third kappa shape index (κ3) is 7.34. The van der Waals surface area contributed by atoms with E-state index in [2.05, 4.69) is 0 Å². The number of hydrogen-bond acceptors (Lipinski definition) is 1. The van der Waals surface area contributed by atoms with E-state index in [1.807, 2.05) is 0 Å². The van der Waals surface area contributed by atoms with Crippen molar-refractivity contribution in [1.82, 2.24) is 0 Å². The van der Waals surface area contributed by atoms with Crippen LogP contribution in [0.25, 0.3) is 0 Å². The fourth-order valence-corrected chi connectivity index (χ4v) is 0.702. The van der Waals surface area contributed by atoms with Crippen LogP contribution in [0.2, 0.25) is 0 Å². The lowest BCUT2D eigenvalue weighted by Gasteiger charge is -1.96. The van der Waals surface area contributed by atoms with Crippen molar-refractivity contribution in [3.8, 4) is 0 Å². The maximum atomic E-state index is 8.63. The molecule has 0 aromatic heterocycles. The molecular weight excluding hydrogens is 136 g/mol. The lowest BCUT2D eigenvalue weighted by atomic mass is 10.1. The Kier molecular flexibility index (Phi) is 2.19. The summed E-state index contributed by atoms with van der Waals surface area (Å²) in [6.07, 6.45) is 3.75. The predicted octanol–water partition coefficient (Wildman–Crippen LogP) is 2.67. The number of aliphatic hydroxyl groups excluding tert-OH is 1. The quantitative estimate of drug-likeness (QED) is 0.627. The van der Waals surface area contributed by atoms with Gasteiger partial charge in [0.2, 0.25) is 0 Å². The van der Waals surface area contributed by atoms with Crippen molar-refractivity contribution < 1.29 is 13.3 Å². The van der Waals surface area contributed by atoms with Crippen molar-refractivity contribution >= 4 is 0 Å². The highest BCUT2D eigenvalue weighted by Gasteiger charge is 1.86. The Labute approximate surface area is 77.9 Å². The summed E-state index contributed by atoms with van der Waals surface area (Å²) >= 11 is 0. The molecule has 0 spiro atoms. The molecule has 0 aliphatic heterocycles. The molecule has 0 rings (SSSR count). The SMILES string of the molecule is [2H]C([2H])([2H])C(=CCC/C(C)=C\CO)C([2H])([2H])[2H]. The molecule has 1 nitrogen and oxygen atoms in total. The fraction of sp³-hybridized carbons (Fsp3) is 0.600. The molecule has 0 aliphatic carbocycles. The van der Waals surface area contributed by atoms with Crippen LogP contribution < -0.4 is 0 Å². The summed E-state index contributed by atoms with van der Waals surface area (Å²) in [5, 5.41) is 8.63. The predicted molar refractivity (Wildman–Crippen MR) is 49.5 cm³/mol. The minimum Gasteiger partial charge on any atom is -0.392 e. The molecule has 11 heavy (non-hydrogen) atoms. The minimum absolute atomic E-state index is 0.0685. The van der Waals surface area contributed by atoms with Crippen molar-refractivity contribution in [2.75, 3.05) is 6.61 Å². The summed E-state index contributed by atoms with van der Waals surface area (Å²) in [6.45, 7) is -3.44. The van der Waals surface area contributed by atoms with Gasteiger partial charge in [-0.05, 0) is 33.5 Å². The summed E-state index contributed by atoms with van der Waals surface area (Å²) in [5.41, 5.74) is 0.418. The Morgan fingerprint density at radius 2 is 2.18 bits per heavy atom. The van der Waals surface area contributed by atoms with Gasteiger partial charge in [-0.25, -0.2) is 0 Å². The van der Waals surface area contributed by atoms with E-state index < -0.39 is 19.3 Å². The summed E-state index contributed by atoms with van der Waals surface area (Å²) in [7, 11) is 0. The van der Waals surface area contributed by atoms with E-state index in [1.165, 1.54) is 6.08 Å². The molecular formula is C10H18O. The third-order valence-electron chi connectivity index (χ3n) is 1.33. The van der Waals surface area contributed by atoms with Gasteiger partial charge in [-0.15, -0.1) is 0 Å². The van der Waals surface area contributed by atoms with Crippen LogP contribution in [0, 0.1) is 0 Å². The van der Waals surface area contributed by atoms with Gasteiger partial charge in [0, 0.05) is 8.22 Å². The van der Waals surface area contributed by atoms with Crippen molar-refractivity contribution in [2.24, 2.45) is 0 Å². The van der Waals surface area contributed by atoms with E-state index in [0.29, 0.717) is 12.8 Å². The van der Waals surface area contributed by atoms with Crippen molar-refractivity contribution in [3.63, 3.8) is 0 Å². The average molecular weight is 160 g/mol. The van der Waals surface area contributed by atoms with Crippen LogP contribution in [0.1, 0.15) is 41.7 Å². The van der Waals surface area contributed by atoms with Gasteiger partial charge in [0.1, 0.15) is 0 Å². The maximum Gasteiger partial charge on any atom is 0.0614 e. The summed E-state index contributed by atoms with van der Waals surface area (Å²) in [5.74, 6) is 0. The molecule has 1 N–H and O–H groups in total. The second-order valence-corrected chi connectivity index (χ2v) is 2.39. The Hall–Kier alpha value is -0.560. The molecule has 64 valence electrons. The molecule has 0 saturated carbocycles. The molecule has 0 bridgehead atoms. The van der Waals surface area contributed by atoms with Crippen molar-refractivity contribution in [2.45, 2.75) is 33.5 Å². The van der Waals surface area contributed by atoms with E-state index >= 15 is 0 Å². The monoisotopic (exact) mass is 160 g/mol. The molecule has 0 amide bonds. The molecule has 0 aromatic carbocycles. The van der Waals surface area contributed by atoms with Crippen molar-refractivity contribution in [1.29, 1.82) is 0 Å². The van der Waals surface area contributed by atoms with E-state index in [0.717, 1.165) is 5.57 Å². The number of hydrogen-bond donors (Lipinski definition) is 1. The average Bonchev–Trinajstić information content (AvgIpc) is 2.08. The van der Waals surface area contributed by atoms with Crippen LogP contribution >= 0.6 is 0 Å². The highest BCUT2D eigenvalue weighted by Crippen LogP contribution is 2.05. The lowest BCUT2D eigenvalue weighted by molar-refractivity contribution is 0.341. The van der Waals surface area contributed by atoms with Gasteiger partial charge >= 0.3 is 0 Å². The first-order valence-corrected chi connectivity index (χ1v) is 3.56. The highest BCUT2D eigenvalue weighted by atomic mass is 16.2. The zero-order valence-corrected chi connectivity index (χ0v) is 6.72. The lowest BCUT2D eigenvalue weighted by Crippen LogP contribution is -1.80. The molecule has 1 heteroatoms. The number of allylic oxidation sites excluding steroid dienone is 3. The molecule has 0 aromatic rings. The zero-order chi connectivity index (χ0) is 13.7. The van der Waals surface area contributed by atoms with Gasteiger partial charge < -0.3 is 5.11 Å². The number of rotatable bonds is 4. The highest BCUT2D eigenvalue weighted by molar-refractivity contribution is 5.01. The number of aliphatic hydroxyl groups is 1. The molecule has 0 heterocycles. The smallest absolute Gasteiger partial charge is 0.0614 e. The Balaban J connectivity index is 4.70. The first-order valence-electron chi connectivity index (χ1n) is 6.56. The normalized spacial score (nSPS) is 21.8. The summed E-state index contributed by atoms with van der Waals surface area (Å²) < 4.78 is 43.0. The first kappa shape index (κ1) is 3.90. The Morgan fingerprint density at radius 3 is 2.73 bits per heavy atom. The molecule has 0 fully saturated rings. The van der Waals surface area contributed by atoms with Crippen LogP contribution in [0.5, 0.6) is 0 Å². The Morgan fingerprint density at radius 1 is 1.45 bits per heavy atom. The van der Waals surface area contributed by atoms with E-state index in [9.17, 15) is 0 Å². The van der Waals surface area contributed by atoms with Crippen LogP contribution in [0.15, 0.2) is 23.3 Å². The largest absolute Gasteiger partial charge is 0.392 e. The molecule has 0 radical (unpaired) electrons. The van der Waals surface area contributed by atoms with Gasteiger partial charge in [-0.3, -0.25) is 0 Å². The second kappa shape index (κ2) is 6.17. The van der Waals surface area contributed by atoms with Gasteiger partial charge in [0.05, 0.1) is 6.61 Å². The van der Waals surface area contributed by atoms with Gasteiger partial charge in [0.25, 0.3) is 0 Å². The second-order valence-electron chi connectivity index (χ2n) is 2.39. The summed E-state index contributed by atoms with van der Waals surface area (Å²) in [6, 6.07) is 0. The maximum absolute atomic E-state index is 8.63. The van der Waals surface area contributed by atoms with Crippen molar-refractivity contribution in [3.05, 3.63) is 23.3 Å². The van der Waals surface area contributed by atoms with Crippen LogP contribution in [0.4, 0.5) is 0 Å². The molecule has 0 aliphatic rings. The summed E-state index contributed by atoms with van der Waals surface area (Å²) in [4.78, 5) is 0. The molecule has 0 saturated heterocycles. The zero-order valence-electron chi connectivity index (χ0n) is 12.7. The third-order valence-corrected chi connectivity index (χ3v) is 1.33. The van der Waals surface area contributed by atoms with E-state index in [1.54, 1.807) is 13.0 Å². The Bertz CT molecular complexity index is 281. The van der Waals surface area contributed by atoms with Gasteiger partial charge in [-0.2, -0.15) is 0 Å². The van der Waals surface area contributed by atoms with Crippen LogP contribution in [-0.4, -0.2) is 11.7 Å². The van der Waals surface area contributed by atoms with Gasteiger partial charge in [-0.1, -0.05) is 23.3 Å². The molecule has 0 atom stereocenters. The van der Waals surface area contributed by atoms with E-state index in [-0.39, 0.29) is 6.61 Å². The topological polar surface area (TPSA) is 20.2 Å².